The number of aromatic nitrogens is 1. The van der Waals surface area contributed by atoms with E-state index < -0.39 is 0 Å². The molecule has 0 spiro atoms. The normalized spacial score (nSPS) is 15.9. The van der Waals surface area contributed by atoms with Crippen molar-refractivity contribution in [2.75, 3.05) is 11.9 Å². The molecule has 0 saturated carbocycles. The number of thiazole rings is 1. The summed E-state index contributed by atoms with van der Waals surface area (Å²) in [7, 11) is 0. The Kier molecular flexibility index (Phi) is 5.67. The van der Waals surface area contributed by atoms with Gasteiger partial charge in [-0.15, -0.1) is 11.3 Å². The first kappa shape index (κ1) is 18.2. The first-order chi connectivity index (χ1) is 11.9. The molecule has 2 heterocycles. The lowest BCUT2D eigenvalue weighted by atomic mass is 10.2. The Labute approximate surface area is 166 Å². The summed E-state index contributed by atoms with van der Waals surface area (Å²) in [6.45, 7) is 1.72. The van der Waals surface area contributed by atoms with Crippen LogP contribution in [0.15, 0.2) is 39.0 Å². The molecule has 128 valence electrons. The number of nitrogens with one attached hydrogen (secondary N) is 1. The molecule has 1 N–H and O–H groups in total. The third kappa shape index (κ3) is 4.55. The zero-order valence-electron chi connectivity index (χ0n) is 13.0. The molecule has 1 aromatic heterocycles. The fourth-order valence-corrected chi connectivity index (χ4v) is 4.47. The van der Waals surface area contributed by atoms with E-state index in [-0.39, 0.29) is 18.4 Å². The molecule has 5 nitrogen and oxygen atoms in total. The van der Waals surface area contributed by atoms with E-state index in [1.54, 1.807) is 6.08 Å². The number of carbonyl (C=O) groups is 2. The number of hydrogen-bond acceptors (Lipinski definition) is 6. The summed E-state index contributed by atoms with van der Waals surface area (Å²) in [4.78, 5) is 30.7. The lowest BCUT2D eigenvalue weighted by Crippen LogP contribution is -2.36. The highest BCUT2D eigenvalue weighted by Crippen LogP contribution is 2.32. The molecule has 2 aromatic rings. The second-order valence-corrected chi connectivity index (χ2v) is 8.61. The van der Waals surface area contributed by atoms with Gasteiger partial charge in [-0.25, -0.2) is 4.98 Å². The van der Waals surface area contributed by atoms with Crippen LogP contribution in [0, 0.1) is 6.92 Å². The number of benzene rings is 1. The van der Waals surface area contributed by atoms with Crippen LogP contribution in [0.3, 0.4) is 0 Å². The number of halogens is 1. The highest BCUT2D eigenvalue weighted by atomic mass is 79.9. The number of aryl methyl sites for hydroxylation is 1. The number of amides is 2. The minimum absolute atomic E-state index is 0.126. The van der Waals surface area contributed by atoms with Crippen molar-refractivity contribution >= 4 is 78.6 Å². The van der Waals surface area contributed by atoms with Gasteiger partial charge in [0.2, 0.25) is 5.91 Å². The van der Waals surface area contributed by atoms with Gasteiger partial charge in [0, 0.05) is 9.85 Å². The number of hydrogen-bond donors (Lipinski definition) is 1. The molecule has 0 aliphatic carbocycles. The lowest BCUT2D eigenvalue weighted by molar-refractivity contribution is -0.126. The summed E-state index contributed by atoms with van der Waals surface area (Å²) in [5, 5.41) is 5.04. The fourth-order valence-electron chi connectivity index (χ4n) is 2.10. The molecule has 1 aromatic carbocycles. The van der Waals surface area contributed by atoms with Gasteiger partial charge < -0.3 is 5.32 Å². The summed E-state index contributed by atoms with van der Waals surface area (Å²) in [5.41, 5.74) is 1.72. The Hall–Kier alpha value is -1.55. The van der Waals surface area contributed by atoms with E-state index in [0.29, 0.717) is 14.4 Å². The molecule has 3 rings (SSSR count). The number of carbonyl (C=O) groups excluding carboxylic acids is 2. The monoisotopic (exact) mass is 453 g/mol. The fraction of sp³-hybridized carbons (Fsp3) is 0.125. The van der Waals surface area contributed by atoms with Crippen LogP contribution in [0.2, 0.25) is 0 Å². The van der Waals surface area contributed by atoms with Crippen LogP contribution in [-0.2, 0) is 9.59 Å². The van der Waals surface area contributed by atoms with Crippen LogP contribution in [0.5, 0.6) is 0 Å². The number of nitrogens with zero attached hydrogens (tertiary/aromatic N) is 2. The van der Waals surface area contributed by atoms with E-state index in [9.17, 15) is 9.59 Å². The van der Waals surface area contributed by atoms with Gasteiger partial charge >= 0.3 is 0 Å². The molecule has 0 bridgehead atoms. The minimum Gasteiger partial charge on any atom is -0.300 e. The number of thioether (sulfide) groups is 1. The van der Waals surface area contributed by atoms with Gasteiger partial charge in [0.05, 0.1) is 10.6 Å². The summed E-state index contributed by atoms with van der Waals surface area (Å²) in [6, 6.07) is 7.60. The maximum atomic E-state index is 12.5. The molecule has 1 aliphatic rings. The van der Waals surface area contributed by atoms with E-state index in [4.69, 9.17) is 12.2 Å². The second-order valence-electron chi connectivity index (χ2n) is 5.17. The van der Waals surface area contributed by atoms with E-state index in [1.165, 1.54) is 28.0 Å². The Morgan fingerprint density at radius 3 is 2.96 bits per heavy atom. The SMILES string of the molecule is Cc1csc(NC(=O)CN2C(=O)C(=Cc3cccc(Br)c3)SC2=S)n1. The van der Waals surface area contributed by atoms with Crippen LogP contribution in [0.1, 0.15) is 11.3 Å². The summed E-state index contributed by atoms with van der Waals surface area (Å²) in [5.74, 6) is -0.588. The van der Waals surface area contributed by atoms with Gasteiger partial charge in [-0.05, 0) is 30.7 Å². The average molecular weight is 454 g/mol. The molecule has 1 fully saturated rings. The highest BCUT2D eigenvalue weighted by Gasteiger charge is 2.33. The zero-order chi connectivity index (χ0) is 18.0. The summed E-state index contributed by atoms with van der Waals surface area (Å²) in [6.07, 6.45) is 1.77. The van der Waals surface area contributed by atoms with E-state index in [1.807, 2.05) is 36.6 Å². The van der Waals surface area contributed by atoms with Crippen molar-refractivity contribution in [2.24, 2.45) is 0 Å². The van der Waals surface area contributed by atoms with E-state index >= 15 is 0 Å². The van der Waals surface area contributed by atoms with Gasteiger partial charge in [-0.1, -0.05) is 52.0 Å². The van der Waals surface area contributed by atoms with Crippen molar-refractivity contribution in [1.82, 2.24) is 9.88 Å². The Bertz CT molecular complexity index is 894. The van der Waals surface area contributed by atoms with Gasteiger partial charge in [-0.3, -0.25) is 14.5 Å². The third-order valence-electron chi connectivity index (χ3n) is 3.19. The Morgan fingerprint density at radius 2 is 2.28 bits per heavy atom. The van der Waals surface area contributed by atoms with Crippen molar-refractivity contribution in [2.45, 2.75) is 6.92 Å². The second kappa shape index (κ2) is 7.77. The smallest absolute Gasteiger partial charge is 0.266 e. The maximum absolute atomic E-state index is 12.5. The predicted octanol–water partition coefficient (Wildman–Crippen LogP) is 4.05. The van der Waals surface area contributed by atoms with Gasteiger partial charge in [-0.2, -0.15) is 0 Å². The molecule has 9 heteroatoms. The van der Waals surface area contributed by atoms with Crippen LogP contribution in [-0.4, -0.2) is 32.6 Å². The average Bonchev–Trinajstić information content (AvgIpc) is 3.06. The van der Waals surface area contributed by atoms with Crippen molar-refractivity contribution < 1.29 is 9.59 Å². The first-order valence-corrected chi connectivity index (χ1v) is 10.0. The summed E-state index contributed by atoms with van der Waals surface area (Å²) >= 11 is 11.2. The molecule has 1 aliphatic heterocycles. The minimum atomic E-state index is -0.325. The highest BCUT2D eigenvalue weighted by molar-refractivity contribution is 9.10. The van der Waals surface area contributed by atoms with Crippen LogP contribution < -0.4 is 5.32 Å². The molecular formula is C16H12BrN3O2S3. The molecule has 2 amide bonds. The number of anilines is 1. The van der Waals surface area contributed by atoms with Crippen molar-refractivity contribution in [3.63, 3.8) is 0 Å². The van der Waals surface area contributed by atoms with Crippen molar-refractivity contribution in [1.29, 1.82) is 0 Å². The van der Waals surface area contributed by atoms with Crippen molar-refractivity contribution in [3.8, 4) is 0 Å². The molecular weight excluding hydrogens is 442 g/mol. The van der Waals surface area contributed by atoms with Crippen LogP contribution >= 0.6 is 51.2 Å². The standard InChI is InChI=1S/C16H12BrN3O2S3/c1-9-8-24-15(18-9)19-13(21)7-20-14(22)12(25-16(20)23)6-10-3-2-4-11(17)5-10/h2-6,8H,7H2,1H3,(H,18,19,21). The summed E-state index contributed by atoms with van der Waals surface area (Å²) < 4.78 is 1.30. The van der Waals surface area contributed by atoms with Gasteiger partial charge in [0.1, 0.15) is 10.9 Å². The van der Waals surface area contributed by atoms with E-state index in [2.05, 4.69) is 26.2 Å². The lowest BCUT2D eigenvalue weighted by Gasteiger charge is -2.13. The maximum Gasteiger partial charge on any atom is 0.266 e. The quantitative estimate of drug-likeness (QED) is 0.558. The Balaban J connectivity index is 1.69. The topological polar surface area (TPSA) is 62.3 Å². The third-order valence-corrected chi connectivity index (χ3v) is 5.93. The van der Waals surface area contributed by atoms with Crippen LogP contribution in [0.4, 0.5) is 5.13 Å². The van der Waals surface area contributed by atoms with Crippen LogP contribution in [0.25, 0.3) is 6.08 Å². The molecule has 0 radical (unpaired) electrons. The Morgan fingerprint density at radius 1 is 1.48 bits per heavy atom. The van der Waals surface area contributed by atoms with Gasteiger partial charge in [0.25, 0.3) is 5.91 Å². The molecule has 1 saturated heterocycles. The number of rotatable bonds is 4. The van der Waals surface area contributed by atoms with Crippen molar-refractivity contribution in [3.05, 3.63) is 50.3 Å². The first-order valence-electron chi connectivity index (χ1n) is 7.15. The predicted molar refractivity (Wildman–Crippen MR) is 110 cm³/mol. The molecule has 0 atom stereocenters. The van der Waals surface area contributed by atoms with Gasteiger partial charge in [0.15, 0.2) is 5.13 Å². The zero-order valence-corrected chi connectivity index (χ0v) is 17.0. The largest absolute Gasteiger partial charge is 0.300 e. The number of thiocarbonyl (C=S) groups is 1. The molecule has 0 unspecified atom stereocenters. The van der Waals surface area contributed by atoms with E-state index in [0.717, 1.165) is 15.7 Å². The molecule has 25 heavy (non-hydrogen) atoms.